The topological polar surface area (TPSA) is 97.3 Å². The van der Waals surface area contributed by atoms with Crippen molar-refractivity contribution in [3.8, 4) is 5.69 Å². The van der Waals surface area contributed by atoms with Gasteiger partial charge in [-0.05, 0) is 36.8 Å². The van der Waals surface area contributed by atoms with Crippen LogP contribution in [0.1, 0.15) is 6.42 Å². The predicted octanol–water partition coefficient (Wildman–Crippen LogP) is 2.89. The van der Waals surface area contributed by atoms with Crippen molar-refractivity contribution in [2.45, 2.75) is 12.5 Å². The number of rotatable bonds is 2. The lowest BCUT2D eigenvalue weighted by Gasteiger charge is -2.22. The average Bonchev–Trinajstić information content (AvgIpc) is 3.30. The number of aromatic nitrogens is 2. The predicted molar refractivity (Wildman–Crippen MR) is 110 cm³/mol. The van der Waals surface area contributed by atoms with Gasteiger partial charge in [0, 0.05) is 24.8 Å². The lowest BCUT2D eigenvalue weighted by molar-refractivity contribution is 0.437. The van der Waals surface area contributed by atoms with Crippen LogP contribution in [0.5, 0.6) is 0 Å². The third-order valence-electron chi connectivity index (χ3n) is 5.37. The number of hydrogen-bond acceptors (Lipinski definition) is 5. The fourth-order valence-electron chi connectivity index (χ4n) is 3.99. The molecule has 10 heteroatoms. The van der Waals surface area contributed by atoms with Gasteiger partial charge in [-0.1, -0.05) is 11.6 Å². The number of H-pyrrole nitrogens is 1. The number of nitrogens with two attached hydrogens (primary N) is 1. The van der Waals surface area contributed by atoms with Crippen LogP contribution in [0, 0.1) is 11.6 Å². The summed E-state index contributed by atoms with van der Waals surface area (Å²) in [6.07, 6.45) is 0.671. The van der Waals surface area contributed by atoms with E-state index in [1.807, 2.05) is 0 Å². The molecule has 0 radical (unpaired) electrons. The number of anilines is 1. The van der Waals surface area contributed by atoms with Crippen molar-refractivity contribution in [1.82, 2.24) is 9.72 Å². The molecule has 2 aromatic heterocycles. The SMILES string of the molecule is NC1CCN(c2c(F)cc3c(=O)c4c(=O)[nH]oc4n(-c4ccc(F)cc4)c3c2Cl)C1. The molecule has 1 unspecified atom stereocenters. The van der Waals surface area contributed by atoms with E-state index in [1.165, 1.54) is 28.8 Å². The van der Waals surface area contributed by atoms with E-state index in [2.05, 4.69) is 5.16 Å². The van der Waals surface area contributed by atoms with Crippen LogP contribution in [-0.2, 0) is 0 Å². The maximum absolute atomic E-state index is 15.1. The minimum atomic E-state index is -0.751. The molecule has 1 fully saturated rings. The Morgan fingerprint density at radius 3 is 2.60 bits per heavy atom. The van der Waals surface area contributed by atoms with E-state index in [0.717, 1.165) is 6.07 Å². The number of fused-ring (bicyclic) bond motifs is 2. The molecule has 154 valence electrons. The smallest absolute Gasteiger partial charge is 0.293 e. The number of nitrogens with zero attached hydrogens (tertiary/aromatic N) is 2. The van der Waals surface area contributed by atoms with Crippen LogP contribution in [0.2, 0.25) is 5.02 Å². The molecule has 3 N–H and O–H groups in total. The Morgan fingerprint density at radius 2 is 1.93 bits per heavy atom. The van der Waals surface area contributed by atoms with Gasteiger partial charge in [0.25, 0.3) is 5.56 Å². The zero-order valence-electron chi connectivity index (χ0n) is 15.4. The molecular weight excluding hydrogens is 418 g/mol. The lowest BCUT2D eigenvalue weighted by atomic mass is 10.1. The quantitative estimate of drug-likeness (QED) is 0.507. The fourth-order valence-corrected chi connectivity index (χ4v) is 4.39. The van der Waals surface area contributed by atoms with Crippen LogP contribution in [0.4, 0.5) is 14.5 Å². The van der Waals surface area contributed by atoms with Gasteiger partial charge in [0.1, 0.15) is 11.6 Å². The molecule has 1 saturated heterocycles. The number of hydrogen-bond donors (Lipinski definition) is 2. The third kappa shape index (κ3) is 2.66. The van der Waals surface area contributed by atoms with E-state index in [0.29, 0.717) is 25.2 Å². The maximum atomic E-state index is 15.1. The number of halogens is 3. The molecule has 2 aromatic carbocycles. The van der Waals surface area contributed by atoms with Crippen LogP contribution < -0.4 is 21.6 Å². The minimum Gasteiger partial charge on any atom is -0.366 e. The summed E-state index contributed by atoms with van der Waals surface area (Å²) >= 11 is 6.65. The van der Waals surface area contributed by atoms with Gasteiger partial charge in [0.2, 0.25) is 11.1 Å². The van der Waals surface area contributed by atoms with Crippen molar-refractivity contribution in [3.63, 3.8) is 0 Å². The summed E-state index contributed by atoms with van der Waals surface area (Å²) in [4.78, 5) is 26.9. The fraction of sp³-hybridized carbons (Fsp3) is 0.200. The second kappa shape index (κ2) is 6.68. The highest BCUT2D eigenvalue weighted by atomic mass is 35.5. The van der Waals surface area contributed by atoms with Crippen LogP contribution in [-0.4, -0.2) is 28.9 Å². The summed E-state index contributed by atoms with van der Waals surface area (Å²) in [7, 11) is 0. The van der Waals surface area contributed by atoms with Gasteiger partial charge in [-0.25, -0.2) is 8.78 Å². The number of nitrogens with one attached hydrogen (secondary N) is 1. The second-order valence-electron chi connectivity index (χ2n) is 7.27. The number of aromatic amines is 1. The Hall–Kier alpha value is -3.17. The highest BCUT2D eigenvalue weighted by molar-refractivity contribution is 6.38. The summed E-state index contributed by atoms with van der Waals surface area (Å²) < 4.78 is 35.3. The molecule has 0 spiro atoms. The van der Waals surface area contributed by atoms with E-state index in [4.69, 9.17) is 21.9 Å². The standard InChI is InChI=1S/C20H15ClF2N4O3/c21-15-16-12(7-13(23)17(15)26-6-5-10(24)8-26)18(28)14-19(29)25-30-20(14)27(16)11-3-1-9(22)2-4-11/h1-4,7,10H,5-6,8,24H2,(H,25,29). The summed E-state index contributed by atoms with van der Waals surface area (Å²) in [5.41, 5.74) is 5.05. The Kier molecular flexibility index (Phi) is 4.19. The first-order chi connectivity index (χ1) is 14.4. The molecule has 0 aliphatic carbocycles. The molecule has 1 aliphatic rings. The van der Waals surface area contributed by atoms with Gasteiger partial charge in [-0.2, -0.15) is 5.16 Å². The Labute approximate surface area is 172 Å². The van der Waals surface area contributed by atoms with E-state index >= 15 is 4.39 Å². The first-order valence-electron chi connectivity index (χ1n) is 9.21. The molecular formula is C20H15ClF2N4O3. The molecule has 5 rings (SSSR count). The zero-order valence-corrected chi connectivity index (χ0v) is 16.2. The van der Waals surface area contributed by atoms with Gasteiger partial charge >= 0.3 is 0 Å². The molecule has 1 atom stereocenters. The van der Waals surface area contributed by atoms with Crippen LogP contribution in [0.15, 0.2) is 44.4 Å². The monoisotopic (exact) mass is 432 g/mol. The molecule has 30 heavy (non-hydrogen) atoms. The Morgan fingerprint density at radius 1 is 1.20 bits per heavy atom. The van der Waals surface area contributed by atoms with Gasteiger partial charge in [-0.15, -0.1) is 0 Å². The van der Waals surface area contributed by atoms with Crippen LogP contribution in [0.25, 0.3) is 27.7 Å². The molecule has 1 aliphatic heterocycles. The normalized spacial score (nSPS) is 16.8. The van der Waals surface area contributed by atoms with Gasteiger partial charge in [0.05, 0.1) is 21.6 Å². The highest BCUT2D eigenvalue weighted by Crippen LogP contribution is 2.38. The van der Waals surface area contributed by atoms with Crippen molar-refractivity contribution >= 4 is 39.3 Å². The largest absolute Gasteiger partial charge is 0.366 e. The summed E-state index contributed by atoms with van der Waals surface area (Å²) in [6.45, 7) is 0.913. The molecule has 3 heterocycles. The highest BCUT2D eigenvalue weighted by Gasteiger charge is 2.29. The minimum absolute atomic E-state index is 0.0220. The van der Waals surface area contributed by atoms with Crippen molar-refractivity contribution in [3.05, 3.63) is 67.6 Å². The average molecular weight is 433 g/mol. The van der Waals surface area contributed by atoms with E-state index < -0.39 is 22.6 Å². The van der Waals surface area contributed by atoms with Crippen molar-refractivity contribution in [2.24, 2.45) is 5.73 Å². The zero-order chi connectivity index (χ0) is 21.2. The molecule has 0 bridgehead atoms. The van der Waals surface area contributed by atoms with Gasteiger partial charge < -0.3 is 15.2 Å². The van der Waals surface area contributed by atoms with Crippen LogP contribution in [0.3, 0.4) is 0 Å². The summed E-state index contributed by atoms with van der Waals surface area (Å²) in [6, 6.07) is 6.25. The molecule has 0 amide bonds. The molecule has 7 nitrogen and oxygen atoms in total. The second-order valence-corrected chi connectivity index (χ2v) is 7.64. The lowest BCUT2D eigenvalue weighted by Crippen LogP contribution is -2.27. The first kappa shape index (κ1) is 18.8. The third-order valence-corrected chi connectivity index (χ3v) is 5.73. The summed E-state index contributed by atoms with van der Waals surface area (Å²) in [5, 5.41) is 1.74. The number of benzene rings is 2. The van der Waals surface area contributed by atoms with Crippen molar-refractivity contribution < 1.29 is 13.3 Å². The van der Waals surface area contributed by atoms with Crippen molar-refractivity contribution in [1.29, 1.82) is 0 Å². The van der Waals surface area contributed by atoms with Crippen molar-refractivity contribution in [2.75, 3.05) is 18.0 Å². The van der Waals surface area contributed by atoms with Gasteiger partial charge in [0.15, 0.2) is 5.39 Å². The first-order valence-corrected chi connectivity index (χ1v) is 9.59. The summed E-state index contributed by atoms with van der Waals surface area (Å²) in [5.74, 6) is -1.16. The van der Waals surface area contributed by atoms with E-state index in [1.54, 1.807) is 4.90 Å². The maximum Gasteiger partial charge on any atom is 0.293 e. The van der Waals surface area contributed by atoms with Gasteiger partial charge in [-0.3, -0.25) is 14.2 Å². The van der Waals surface area contributed by atoms with E-state index in [-0.39, 0.29) is 38.8 Å². The molecule has 0 saturated carbocycles. The Balaban J connectivity index is 1.96. The van der Waals surface area contributed by atoms with Crippen LogP contribution >= 0.6 is 11.6 Å². The van der Waals surface area contributed by atoms with E-state index in [9.17, 15) is 14.0 Å². The molecule has 4 aromatic rings. The number of pyridine rings is 1. The Bertz CT molecular complexity index is 1430.